The van der Waals surface area contributed by atoms with Crippen LogP contribution in [-0.2, 0) is 28.9 Å². The number of methoxy groups -OCH3 is 2. The van der Waals surface area contributed by atoms with Crippen LogP contribution in [0.15, 0.2) is 54.6 Å². The summed E-state index contributed by atoms with van der Waals surface area (Å²) in [6.07, 6.45) is -1.74. The van der Waals surface area contributed by atoms with Crippen LogP contribution in [0.5, 0.6) is 11.5 Å². The van der Waals surface area contributed by atoms with Gasteiger partial charge in [0.25, 0.3) is 0 Å². The third kappa shape index (κ3) is 6.47. The molecule has 0 aliphatic rings. The number of nitrogens with one attached hydrogen (secondary N) is 1. The molecule has 0 saturated heterocycles. The summed E-state index contributed by atoms with van der Waals surface area (Å²) in [6, 6.07) is 14.0. The van der Waals surface area contributed by atoms with Crippen LogP contribution >= 0.6 is 0 Å². The summed E-state index contributed by atoms with van der Waals surface area (Å²) in [6.45, 7) is 1.33. The zero-order valence-electron chi connectivity index (χ0n) is 16.0. The van der Waals surface area contributed by atoms with Crippen molar-refractivity contribution in [1.82, 2.24) is 0 Å². The first-order chi connectivity index (χ1) is 13.8. The van der Waals surface area contributed by atoms with Crippen LogP contribution in [0.3, 0.4) is 0 Å². The number of para-hydroxylation sites is 1. The molecule has 0 aliphatic carbocycles. The summed E-state index contributed by atoms with van der Waals surface area (Å²) in [5.41, 5.74) is 0.426. The normalized spacial score (nSPS) is 13.1. The molecule has 2 aromatic rings. The molecule has 0 unspecified atom stereocenters. The van der Waals surface area contributed by atoms with Crippen molar-refractivity contribution in [3.8, 4) is 11.5 Å². The smallest absolute Gasteiger partial charge is 0.449 e. The lowest BCUT2D eigenvalue weighted by atomic mass is 10.0. The lowest BCUT2D eigenvalue weighted by molar-refractivity contribution is -0.153. The molecule has 2 rings (SSSR count). The number of benzene rings is 2. The standard InChI is InChI=1S/C19H21NO8S/c1-13(18(21)20-14-9-11-15(25-2)12-10-14)17(19(22)26-3)28-29(23,24)27-16-7-5-4-6-8-16/h4-13,17H,1-3H3,(H,20,21)/t13-,17+/m0/s1. The maximum Gasteiger partial charge on any atom is 0.449 e. The Bertz CT molecular complexity index is 928. The van der Waals surface area contributed by atoms with Crippen molar-refractivity contribution in [2.75, 3.05) is 19.5 Å². The molecule has 0 heterocycles. The van der Waals surface area contributed by atoms with Crippen molar-refractivity contribution in [1.29, 1.82) is 0 Å². The van der Waals surface area contributed by atoms with E-state index in [9.17, 15) is 18.0 Å². The second kappa shape index (κ2) is 9.89. The molecule has 2 atom stereocenters. The van der Waals surface area contributed by atoms with Crippen LogP contribution in [0.2, 0.25) is 0 Å². The van der Waals surface area contributed by atoms with E-state index in [1.807, 2.05) is 0 Å². The number of ether oxygens (including phenoxy) is 2. The van der Waals surface area contributed by atoms with Crippen molar-refractivity contribution < 1.29 is 35.8 Å². The molecule has 156 valence electrons. The Kier molecular flexibility index (Phi) is 7.57. The van der Waals surface area contributed by atoms with Crippen LogP contribution in [0.4, 0.5) is 5.69 Å². The Morgan fingerprint density at radius 3 is 2.10 bits per heavy atom. The Labute approximate surface area is 168 Å². The largest absolute Gasteiger partial charge is 0.497 e. The predicted molar refractivity (Wildman–Crippen MR) is 104 cm³/mol. The van der Waals surface area contributed by atoms with Crippen molar-refractivity contribution in [2.45, 2.75) is 13.0 Å². The monoisotopic (exact) mass is 423 g/mol. The minimum atomic E-state index is -4.65. The molecule has 10 heteroatoms. The van der Waals surface area contributed by atoms with Crippen molar-refractivity contribution in [3.63, 3.8) is 0 Å². The van der Waals surface area contributed by atoms with E-state index >= 15 is 0 Å². The molecule has 0 spiro atoms. The van der Waals surface area contributed by atoms with E-state index in [2.05, 4.69) is 10.1 Å². The van der Waals surface area contributed by atoms with Crippen LogP contribution < -0.4 is 14.2 Å². The fourth-order valence-electron chi connectivity index (χ4n) is 2.25. The molecule has 0 bridgehead atoms. The lowest BCUT2D eigenvalue weighted by Crippen LogP contribution is -2.41. The first-order valence-electron chi connectivity index (χ1n) is 8.46. The highest BCUT2D eigenvalue weighted by Gasteiger charge is 2.37. The first kappa shape index (κ1) is 22.2. The van der Waals surface area contributed by atoms with Gasteiger partial charge in [0.15, 0.2) is 6.10 Å². The summed E-state index contributed by atoms with van der Waals surface area (Å²) in [5, 5.41) is 2.57. The number of rotatable bonds is 9. The van der Waals surface area contributed by atoms with Crippen LogP contribution in [0.1, 0.15) is 6.92 Å². The summed E-state index contributed by atoms with van der Waals surface area (Å²) >= 11 is 0. The van der Waals surface area contributed by atoms with Gasteiger partial charge in [-0.3, -0.25) is 4.79 Å². The topological polar surface area (TPSA) is 117 Å². The third-order valence-electron chi connectivity index (χ3n) is 3.82. The molecule has 1 amide bonds. The number of amides is 1. The van der Waals surface area contributed by atoms with Gasteiger partial charge in [-0.05, 0) is 36.4 Å². The molecule has 0 aliphatic heterocycles. The van der Waals surface area contributed by atoms with E-state index < -0.39 is 34.3 Å². The number of hydrogen-bond acceptors (Lipinski definition) is 8. The Morgan fingerprint density at radius 1 is 0.931 bits per heavy atom. The molecule has 0 saturated carbocycles. The van der Waals surface area contributed by atoms with Gasteiger partial charge in [-0.1, -0.05) is 25.1 Å². The van der Waals surface area contributed by atoms with E-state index in [1.54, 1.807) is 42.5 Å². The molecule has 1 N–H and O–H groups in total. The zero-order chi connectivity index (χ0) is 21.4. The Balaban J connectivity index is 2.12. The number of carbonyl (C=O) groups is 2. The van der Waals surface area contributed by atoms with Crippen LogP contribution in [-0.4, -0.2) is 40.6 Å². The summed E-state index contributed by atoms with van der Waals surface area (Å²) in [5.74, 6) is -2.32. The highest BCUT2D eigenvalue weighted by molar-refractivity contribution is 7.82. The highest BCUT2D eigenvalue weighted by Crippen LogP contribution is 2.20. The second-order valence-corrected chi connectivity index (χ2v) is 7.03. The number of anilines is 1. The molecule has 0 radical (unpaired) electrons. The van der Waals surface area contributed by atoms with Crippen molar-refractivity contribution in [3.05, 3.63) is 54.6 Å². The van der Waals surface area contributed by atoms with Crippen LogP contribution in [0.25, 0.3) is 0 Å². The molecule has 2 aromatic carbocycles. The molecular weight excluding hydrogens is 402 g/mol. The second-order valence-electron chi connectivity index (χ2n) is 5.85. The minimum absolute atomic E-state index is 0.00791. The summed E-state index contributed by atoms with van der Waals surface area (Å²) in [4.78, 5) is 24.6. The third-order valence-corrected chi connectivity index (χ3v) is 4.66. The summed E-state index contributed by atoms with van der Waals surface area (Å²) < 4.78 is 43.6. The lowest BCUT2D eigenvalue weighted by Gasteiger charge is -2.21. The minimum Gasteiger partial charge on any atom is -0.497 e. The first-order valence-corrected chi connectivity index (χ1v) is 9.79. The molecule has 0 aromatic heterocycles. The molecular formula is C19H21NO8S. The Hall–Kier alpha value is -3.11. The Morgan fingerprint density at radius 2 is 1.55 bits per heavy atom. The molecule has 9 nitrogen and oxygen atoms in total. The van der Waals surface area contributed by atoms with Gasteiger partial charge < -0.3 is 19.0 Å². The quantitative estimate of drug-likeness (QED) is 0.610. The maximum absolute atomic E-state index is 12.5. The van der Waals surface area contributed by atoms with Gasteiger partial charge >= 0.3 is 16.4 Å². The van der Waals surface area contributed by atoms with Crippen LogP contribution in [0, 0.1) is 5.92 Å². The van der Waals surface area contributed by atoms with E-state index in [4.69, 9.17) is 13.1 Å². The van der Waals surface area contributed by atoms with Gasteiger partial charge in [0.05, 0.1) is 20.1 Å². The predicted octanol–water partition coefficient (Wildman–Crippen LogP) is 2.15. The van der Waals surface area contributed by atoms with E-state index in [-0.39, 0.29) is 5.75 Å². The highest BCUT2D eigenvalue weighted by atomic mass is 32.3. The maximum atomic E-state index is 12.5. The van der Waals surface area contributed by atoms with Gasteiger partial charge in [-0.2, -0.15) is 8.42 Å². The van der Waals surface area contributed by atoms with E-state index in [0.717, 1.165) is 7.11 Å². The van der Waals surface area contributed by atoms with Crippen molar-refractivity contribution >= 4 is 28.0 Å². The summed E-state index contributed by atoms with van der Waals surface area (Å²) in [7, 11) is -2.09. The van der Waals surface area contributed by atoms with Gasteiger partial charge in [-0.25, -0.2) is 8.98 Å². The van der Waals surface area contributed by atoms with Gasteiger partial charge in [0.2, 0.25) is 5.91 Å². The van der Waals surface area contributed by atoms with Gasteiger partial charge in [-0.15, -0.1) is 0 Å². The zero-order valence-corrected chi connectivity index (χ0v) is 16.8. The number of esters is 1. The average Bonchev–Trinajstić information content (AvgIpc) is 2.72. The van der Waals surface area contributed by atoms with E-state index in [0.29, 0.717) is 11.4 Å². The average molecular weight is 423 g/mol. The molecule has 29 heavy (non-hydrogen) atoms. The number of hydrogen-bond donors (Lipinski definition) is 1. The fraction of sp³-hybridized carbons (Fsp3) is 0.263. The van der Waals surface area contributed by atoms with Gasteiger partial charge in [0, 0.05) is 5.69 Å². The van der Waals surface area contributed by atoms with Gasteiger partial charge in [0.1, 0.15) is 11.5 Å². The van der Waals surface area contributed by atoms with E-state index in [1.165, 1.54) is 26.2 Å². The molecule has 0 fully saturated rings. The fourth-order valence-corrected chi connectivity index (χ4v) is 3.14. The van der Waals surface area contributed by atoms with Crippen molar-refractivity contribution in [2.24, 2.45) is 5.92 Å². The SMILES string of the molecule is COC(=O)[C@H](OS(=O)(=O)Oc1ccccc1)[C@H](C)C(=O)Nc1ccc(OC)cc1. The number of carbonyl (C=O) groups excluding carboxylic acids is 2.